The minimum atomic E-state index is -4.97. The molecular weight excluding hydrogens is 1380 g/mol. The van der Waals surface area contributed by atoms with Crippen LogP contribution in [0.2, 0.25) is 0 Å². The number of rotatable bonds is 84. The number of carbonyl (C=O) groups excluding carboxylic acids is 4. The Labute approximate surface area is 651 Å². The Balaban J connectivity index is 5.18. The van der Waals surface area contributed by atoms with Crippen LogP contribution in [0.3, 0.4) is 0 Å². The molecule has 0 fully saturated rings. The van der Waals surface area contributed by atoms with E-state index in [-0.39, 0.29) is 25.7 Å². The van der Waals surface area contributed by atoms with Crippen molar-refractivity contribution in [1.29, 1.82) is 0 Å². The molecule has 0 aliphatic heterocycles. The summed E-state index contributed by atoms with van der Waals surface area (Å²) in [5.74, 6) is 1.04. The van der Waals surface area contributed by atoms with Gasteiger partial charge in [-0.05, 0) is 49.4 Å². The molecule has 0 radical (unpaired) electrons. The van der Waals surface area contributed by atoms with Crippen molar-refractivity contribution in [3.05, 3.63) is 0 Å². The lowest BCUT2D eigenvalue weighted by molar-refractivity contribution is -0.161. The fourth-order valence-corrected chi connectivity index (χ4v) is 15.0. The third-order valence-corrected chi connectivity index (χ3v) is 22.6. The van der Waals surface area contributed by atoms with Gasteiger partial charge in [-0.3, -0.25) is 37.3 Å². The number of hydrogen-bond acceptors (Lipinski definition) is 15. The first-order valence-electron chi connectivity index (χ1n) is 44.7. The van der Waals surface area contributed by atoms with Crippen molar-refractivity contribution in [2.24, 2.45) is 23.7 Å². The summed E-state index contributed by atoms with van der Waals surface area (Å²) in [6.07, 6.45) is 65.4. The Hall–Kier alpha value is -1.94. The normalized spacial score (nSPS) is 14.2. The molecule has 0 amide bonds. The van der Waals surface area contributed by atoms with E-state index in [1.165, 1.54) is 250 Å². The van der Waals surface area contributed by atoms with E-state index >= 15 is 0 Å². The number of aliphatic hydroxyl groups is 1. The van der Waals surface area contributed by atoms with Gasteiger partial charge in [-0.2, -0.15) is 0 Å². The lowest BCUT2D eigenvalue weighted by Crippen LogP contribution is -2.30. The summed E-state index contributed by atoms with van der Waals surface area (Å²) in [5, 5.41) is 10.7. The van der Waals surface area contributed by atoms with E-state index in [2.05, 4.69) is 55.4 Å². The number of esters is 4. The van der Waals surface area contributed by atoms with Crippen molar-refractivity contribution in [2.75, 3.05) is 39.6 Å². The number of carbonyl (C=O) groups is 4. The number of phosphoric acid groups is 2. The molecule has 6 atom stereocenters. The zero-order valence-electron chi connectivity index (χ0n) is 70.1. The summed E-state index contributed by atoms with van der Waals surface area (Å²) in [6.45, 7) is 14.3. The van der Waals surface area contributed by atoms with Gasteiger partial charge in [0.05, 0.1) is 26.4 Å². The van der Waals surface area contributed by atoms with E-state index in [1.807, 2.05) is 0 Å². The van der Waals surface area contributed by atoms with Crippen LogP contribution in [0.15, 0.2) is 0 Å². The molecule has 630 valence electrons. The van der Waals surface area contributed by atoms with Crippen molar-refractivity contribution >= 4 is 39.5 Å². The minimum absolute atomic E-state index is 0.107. The minimum Gasteiger partial charge on any atom is -0.462 e. The molecule has 0 saturated heterocycles. The molecule has 4 unspecified atom stereocenters. The Bertz CT molecular complexity index is 2060. The van der Waals surface area contributed by atoms with Crippen LogP contribution in [0.4, 0.5) is 0 Å². The zero-order chi connectivity index (χ0) is 78.1. The SMILES string of the molecule is CCC(C)CCCCCCCCCCCCC(=O)O[C@H](COC(=O)CCCCCCCCCCCCCCCCCCCCC(C)C)COP(=O)(O)OCC(O)COP(=O)(O)OC[C@@H](COC(=O)CCCCCCCCCC(C)C)OC(=O)CCCCCCCCCCCCCCCCCCCCC(C)C. The average molecular weight is 1550 g/mol. The maximum atomic E-state index is 13.1. The molecule has 0 bridgehead atoms. The van der Waals surface area contributed by atoms with E-state index < -0.39 is 97.5 Å². The molecule has 0 aliphatic rings. The highest BCUT2D eigenvalue weighted by atomic mass is 31.2. The highest BCUT2D eigenvalue weighted by Gasteiger charge is 2.31. The third-order valence-electron chi connectivity index (χ3n) is 20.7. The molecular formula is C87H170O17P2. The predicted molar refractivity (Wildman–Crippen MR) is 437 cm³/mol. The van der Waals surface area contributed by atoms with E-state index in [0.29, 0.717) is 31.6 Å². The first-order valence-corrected chi connectivity index (χ1v) is 47.7. The maximum absolute atomic E-state index is 13.1. The first-order chi connectivity index (χ1) is 51.1. The Kier molecular flexibility index (Phi) is 74.3. The molecule has 0 aromatic carbocycles. The number of unbranched alkanes of at least 4 members (excludes halogenated alkanes) is 49. The maximum Gasteiger partial charge on any atom is 0.472 e. The van der Waals surface area contributed by atoms with E-state index in [9.17, 15) is 43.2 Å². The van der Waals surface area contributed by atoms with Gasteiger partial charge in [0, 0.05) is 25.7 Å². The van der Waals surface area contributed by atoms with Crippen LogP contribution in [0.25, 0.3) is 0 Å². The summed E-state index contributed by atoms with van der Waals surface area (Å²) in [7, 11) is -9.93. The van der Waals surface area contributed by atoms with Gasteiger partial charge in [0.15, 0.2) is 12.2 Å². The molecule has 0 aromatic rings. The fraction of sp³-hybridized carbons (Fsp3) is 0.954. The highest BCUT2D eigenvalue weighted by molar-refractivity contribution is 7.47. The van der Waals surface area contributed by atoms with Gasteiger partial charge in [-0.25, -0.2) is 9.13 Å². The summed E-state index contributed by atoms with van der Waals surface area (Å²) in [4.78, 5) is 73.2. The molecule has 0 spiro atoms. The highest BCUT2D eigenvalue weighted by Crippen LogP contribution is 2.45. The van der Waals surface area contributed by atoms with Gasteiger partial charge in [0.2, 0.25) is 0 Å². The second-order valence-electron chi connectivity index (χ2n) is 33.0. The molecule has 0 aliphatic carbocycles. The quantitative estimate of drug-likeness (QED) is 0.0222. The van der Waals surface area contributed by atoms with E-state index in [0.717, 1.165) is 114 Å². The third kappa shape index (κ3) is 78.7. The molecule has 17 nitrogen and oxygen atoms in total. The second-order valence-corrected chi connectivity index (χ2v) is 35.9. The average Bonchev–Trinajstić information content (AvgIpc) is 0.900. The van der Waals surface area contributed by atoms with Crippen molar-refractivity contribution in [3.63, 3.8) is 0 Å². The van der Waals surface area contributed by atoms with Crippen LogP contribution in [0, 0.1) is 23.7 Å². The molecule has 0 aromatic heterocycles. The summed E-state index contributed by atoms with van der Waals surface area (Å²) >= 11 is 0. The first kappa shape index (κ1) is 104. The Morgan fingerprint density at radius 1 is 0.264 bits per heavy atom. The number of hydrogen-bond donors (Lipinski definition) is 3. The van der Waals surface area contributed by atoms with Gasteiger partial charge in [-0.1, -0.05) is 402 Å². The zero-order valence-corrected chi connectivity index (χ0v) is 71.9. The molecule has 0 heterocycles. The van der Waals surface area contributed by atoms with Crippen LogP contribution >= 0.6 is 15.6 Å². The van der Waals surface area contributed by atoms with Crippen LogP contribution in [-0.2, 0) is 65.4 Å². The molecule has 3 N–H and O–H groups in total. The number of ether oxygens (including phenoxy) is 4. The van der Waals surface area contributed by atoms with Crippen LogP contribution < -0.4 is 0 Å². The predicted octanol–water partition coefficient (Wildman–Crippen LogP) is 26.3. The lowest BCUT2D eigenvalue weighted by Gasteiger charge is -2.21. The summed E-state index contributed by atoms with van der Waals surface area (Å²) < 4.78 is 68.9. The summed E-state index contributed by atoms with van der Waals surface area (Å²) in [6, 6.07) is 0. The van der Waals surface area contributed by atoms with Crippen molar-refractivity contribution < 1.29 is 80.2 Å². The van der Waals surface area contributed by atoms with Gasteiger partial charge >= 0.3 is 39.5 Å². The smallest absolute Gasteiger partial charge is 0.462 e. The summed E-state index contributed by atoms with van der Waals surface area (Å²) in [5.41, 5.74) is 0. The Morgan fingerprint density at radius 2 is 0.453 bits per heavy atom. The van der Waals surface area contributed by atoms with Crippen molar-refractivity contribution in [1.82, 2.24) is 0 Å². The lowest BCUT2D eigenvalue weighted by atomic mass is 9.99. The van der Waals surface area contributed by atoms with Crippen LogP contribution in [0.5, 0.6) is 0 Å². The van der Waals surface area contributed by atoms with Gasteiger partial charge in [0.1, 0.15) is 19.3 Å². The molecule has 0 saturated carbocycles. The number of phosphoric ester groups is 2. The standard InChI is InChI=1S/C87H170O17P2/c1-9-80(8)66-58-50-42-34-30-31-37-45-54-62-70-87(92)103-82(73-97-84(89)67-59-51-43-35-28-24-20-16-12-10-14-18-22-26-32-39-47-55-63-77(2)3)75-101-105(93,94)99-71-81(88)72-100-106(95,96)102-76-83(74-98-85(90)68-60-52-46-38-41-49-57-65-79(6)7)104-86(91)69-61-53-44-36-29-25-21-17-13-11-15-19-23-27-33-40-48-56-64-78(4)5/h77-83,88H,9-76H2,1-8H3,(H,93,94)(H,95,96)/t80?,81?,82-,83-/m1/s1. The monoisotopic (exact) mass is 1550 g/mol. The van der Waals surface area contributed by atoms with Crippen LogP contribution in [-0.4, -0.2) is 96.7 Å². The van der Waals surface area contributed by atoms with E-state index in [1.54, 1.807) is 0 Å². The Morgan fingerprint density at radius 3 is 0.670 bits per heavy atom. The van der Waals surface area contributed by atoms with Gasteiger partial charge < -0.3 is 33.8 Å². The van der Waals surface area contributed by atoms with E-state index in [4.69, 9.17) is 37.0 Å². The molecule has 0 rings (SSSR count). The van der Waals surface area contributed by atoms with Crippen LogP contribution in [0.1, 0.15) is 453 Å². The van der Waals surface area contributed by atoms with Gasteiger partial charge in [0.25, 0.3) is 0 Å². The largest absolute Gasteiger partial charge is 0.472 e. The molecule has 106 heavy (non-hydrogen) atoms. The van der Waals surface area contributed by atoms with Crippen molar-refractivity contribution in [3.8, 4) is 0 Å². The fourth-order valence-electron chi connectivity index (χ4n) is 13.5. The van der Waals surface area contributed by atoms with Crippen molar-refractivity contribution in [2.45, 2.75) is 472 Å². The number of aliphatic hydroxyl groups excluding tert-OH is 1. The molecule has 19 heteroatoms. The van der Waals surface area contributed by atoms with Gasteiger partial charge in [-0.15, -0.1) is 0 Å². The topological polar surface area (TPSA) is 237 Å². The second kappa shape index (κ2) is 75.7.